The van der Waals surface area contributed by atoms with Gasteiger partial charge in [0.25, 0.3) is 0 Å². The zero-order chi connectivity index (χ0) is 10.7. The van der Waals surface area contributed by atoms with Gasteiger partial charge in [0.15, 0.2) is 0 Å². The van der Waals surface area contributed by atoms with Gasteiger partial charge in [0.2, 0.25) is 0 Å². The number of likely N-dealkylation sites (tertiary alicyclic amines) is 1. The van der Waals surface area contributed by atoms with E-state index >= 15 is 0 Å². The Kier molecular flexibility index (Phi) is 4.74. The summed E-state index contributed by atoms with van der Waals surface area (Å²) in [6.07, 6.45) is 2.08. The number of hydrogen-bond donors (Lipinski definition) is 1. The van der Waals surface area contributed by atoms with Gasteiger partial charge in [-0.15, -0.1) is 0 Å². The lowest BCUT2D eigenvalue weighted by Crippen LogP contribution is -2.56. The van der Waals surface area contributed by atoms with Crippen LogP contribution in [0, 0.1) is 11.8 Å². The largest absolute Gasteiger partial charge is 0.395 e. The van der Waals surface area contributed by atoms with E-state index in [1.54, 1.807) is 11.8 Å². The summed E-state index contributed by atoms with van der Waals surface area (Å²) in [4.78, 5) is 2.49. The molecule has 2 atom stereocenters. The Morgan fingerprint density at radius 1 is 1.36 bits per heavy atom. The first-order chi connectivity index (χ1) is 6.60. The summed E-state index contributed by atoms with van der Waals surface area (Å²) < 4.78 is 0. The van der Waals surface area contributed by atoms with Crippen LogP contribution in [0.25, 0.3) is 0 Å². The Hall–Kier alpha value is 0.270. The molecule has 84 valence electrons. The molecule has 1 aliphatic rings. The molecule has 0 saturated carbocycles. The van der Waals surface area contributed by atoms with Gasteiger partial charge in [0, 0.05) is 24.4 Å². The number of rotatable bonds is 5. The molecule has 1 saturated heterocycles. The smallest absolute Gasteiger partial charge is 0.0565 e. The minimum absolute atomic E-state index is 0.297. The summed E-state index contributed by atoms with van der Waals surface area (Å²) >= 11 is 1.77. The van der Waals surface area contributed by atoms with Crippen LogP contribution in [0.5, 0.6) is 0 Å². The minimum Gasteiger partial charge on any atom is -0.395 e. The summed E-state index contributed by atoms with van der Waals surface area (Å²) in [5.74, 6) is 1.68. The van der Waals surface area contributed by atoms with Crippen LogP contribution in [-0.2, 0) is 0 Å². The van der Waals surface area contributed by atoms with Gasteiger partial charge in [0.05, 0.1) is 6.61 Å². The van der Waals surface area contributed by atoms with Crippen LogP contribution in [0.1, 0.15) is 20.8 Å². The van der Waals surface area contributed by atoms with Crippen LogP contribution in [0.4, 0.5) is 0 Å². The van der Waals surface area contributed by atoms with Gasteiger partial charge in [0.1, 0.15) is 0 Å². The van der Waals surface area contributed by atoms with Crippen LogP contribution >= 0.6 is 11.8 Å². The minimum atomic E-state index is 0.297. The molecule has 1 aliphatic heterocycles. The fourth-order valence-electron chi connectivity index (χ4n) is 1.96. The fourth-order valence-corrected chi connectivity index (χ4v) is 2.68. The summed E-state index contributed by atoms with van der Waals surface area (Å²) in [6.45, 7) is 9.56. The topological polar surface area (TPSA) is 23.5 Å². The lowest BCUT2D eigenvalue weighted by molar-refractivity contribution is 0.0280. The van der Waals surface area contributed by atoms with Gasteiger partial charge in [-0.2, -0.15) is 11.8 Å². The average Bonchev–Trinajstić information content (AvgIpc) is 2.02. The number of aliphatic hydroxyl groups is 1. The van der Waals surface area contributed by atoms with Gasteiger partial charge in [-0.25, -0.2) is 0 Å². The molecule has 0 aromatic carbocycles. The van der Waals surface area contributed by atoms with Crippen molar-refractivity contribution in [2.24, 2.45) is 11.8 Å². The highest BCUT2D eigenvalue weighted by atomic mass is 32.2. The quantitative estimate of drug-likeness (QED) is 0.758. The van der Waals surface area contributed by atoms with Crippen LogP contribution in [-0.4, -0.2) is 47.3 Å². The number of nitrogens with zero attached hydrogens (tertiary/aromatic N) is 1. The lowest BCUT2D eigenvalue weighted by Gasteiger charge is -2.47. The van der Waals surface area contributed by atoms with Crippen LogP contribution in [0.15, 0.2) is 0 Å². The molecule has 2 nitrogen and oxygen atoms in total. The van der Waals surface area contributed by atoms with Gasteiger partial charge in [-0.05, 0) is 25.0 Å². The maximum atomic E-state index is 9.19. The molecule has 0 radical (unpaired) electrons. The van der Waals surface area contributed by atoms with E-state index in [9.17, 15) is 5.11 Å². The van der Waals surface area contributed by atoms with Gasteiger partial charge in [-0.3, -0.25) is 4.90 Å². The van der Waals surface area contributed by atoms with Gasteiger partial charge < -0.3 is 5.11 Å². The fraction of sp³-hybridized carbons (Fsp3) is 1.00. The molecular weight excluding hydrogens is 194 g/mol. The second kappa shape index (κ2) is 5.38. The predicted octanol–water partition coefficient (Wildman–Crippen LogP) is 1.69. The van der Waals surface area contributed by atoms with Gasteiger partial charge >= 0.3 is 0 Å². The van der Waals surface area contributed by atoms with Crippen molar-refractivity contribution in [3.63, 3.8) is 0 Å². The maximum absolute atomic E-state index is 9.19. The molecule has 0 amide bonds. The molecule has 0 bridgehead atoms. The molecule has 0 spiro atoms. The molecule has 0 aromatic rings. The summed E-state index contributed by atoms with van der Waals surface area (Å²) in [5, 5.41) is 9.57. The van der Waals surface area contributed by atoms with E-state index in [-0.39, 0.29) is 0 Å². The van der Waals surface area contributed by atoms with E-state index in [2.05, 4.69) is 31.9 Å². The van der Waals surface area contributed by atoms with Crippen LogP contribution < -0.4 is 0 Å². The van der Waals surface area contributed by atoms with Crippen molar-refractivity contribution in [2.45, 2.75) is 32.1 Å². The van der Waals surface area contributed by atoms with Crippen molar-refractivity contribution in [1.82, 2.24) is 4.90 Å². The Bertz CT molecular complexity index is 165. The second-order valence-electron chi connectivity index (χ2n) is 4.66. The molecular formula is C11H23NOS. The second-order valence-corrected chi connectivity index (χ2v) is 5.73. The summed E-state index contributed by atoms with van der Waals surface area (Å²) in [7, 11) is 0. The molecule has 1 rings (SSSR count). The third-order valence-electron chi connectivity index (χ3n) is 3.48. The average molecular weight is 217 g/mol. The van der Waals surface area contributed by atoms with Crippen molar-refractivity contribution in [3.05, 3.63) is 0 Å². The zero-order valence-corrected chi connectivity index (χ0v) is 10.5. The first-order valence-electron chi connectivity index (χ1n) is 5.47. The Balaban J connectivity index is 2.31. The molecule has 1 heterocycles. The van der Waals surface area contributed by atoms with E-state index in [1.165, 1.54) is 13.1 Å². The highest BCUT2D eigenvalue weighted by Gasteiger charge is 2.34. The Morgan fingerprint density at radius 3 is 2.29 bits per heavy atom. The first-order valence-corrected chi connectivity index (χ1v) is 6.76. The molecule has 1 N–H and O–H groups in total. The van der Waals surface area contributed by atoms with Crippen molar-refractivity contribution < 1.29 is 5.11 Å². The molecule has 2 unspecified atom stereocenters. The molecule has 0 aromatic heterocycles. The van der Waals surface area contributed by atoms with Crippen LogP contribution in [0.3, 0.4) is 0 Å². The summed E-state index contributed by atoms with van der Waals surface area (Å²) in [5.41, 5.74) is 0. The van der Waals surface area contributed by atoms with E-state index in [1.807, 2.05) is 0 Å². The van der Waals surface area contributed by atoms with Crippen molar-refractivity contribution >= 4 is 11.8 Å². The van der Waals surface area contributed by atoms with E-state index in [4.69, 9.17) is 0 Å². The van der Waals surface area contributed by atoms with Crippen molar-refractivity contribution in [1.29, 1.82) is 0 Å². The third kappa shape index (κ3) is 2.65. The highest BCUT2D eigenvalue weighted by molar-refractivity contribution is 7.99. The van der Waals surface area contributed by atoms with E-state index in [0.717, 1.165) is 11.8 Å². The summed E-state index contributed by atoms with van der Waals surface area (Å²) in [6, 6.07) is 0.519. The lowest BCUT2D eigenvalue weighted by atomic mass is 9.87. The normalized spacial score (nSPS) is 23.6. The van der Waals surface area contributed by atoms with Gasteiger partial charge in [-0.1, -0.05) is 13.8 Å². The molecule has 14 heavy (non-hydrogen) atoms. The van der Waals surface area contributed by atoms with E-state index in [0.29, 0.717) is 17.9 Å². The number of hydrogen-bond acceptors (Lipinski definition) is 3. The number of thioether (sulfide) groups is 1. The first kappa shape index (κ1) is 12.3. The highest BCUT2D eigenvalue weighted by Crippen LogP contribution is 2.28. The Morgan fingerprint density at radius 2 is 1.93 bits per heavy atom. The molecule has 1 fully saturated rings. The maximum Gasteiger partial charge on any atom is 0.0565 e. The zero-order valence-electron chi connectivity index (χ0n) is 9.73. The molecule has 3 heteroatoms. The van der Waals surface area contributed by atoms with Crippen molar-refractivity contribution in [2.75, 3.05) is 26.0 Å². The van der Waals surface area contributed by atoms with Crippen LogP contribution in [0.2, 0.25) is 0 Å². The van der Waals surface area contributed by atoms with E-state index < -0.39 is 0 Å². The van der Waals surface area contributed by atoms with Crippen molar-refractivity contribution in [3.8, 4) is 0 Å². The standard InChI is InChI=1S/C11H23NOS/c1-8(2)10-5-12(6-10)9(3)11(7-13)14-4/h8-11,13H,5-7H2,1-4H3. The third-order valence-corrected chi connectivity index (χ3v) is 4.63. The number of aliphatic hydroxyl groups excluding tert-OH is 1. The SMILES string of the molecule is CSC(CO)C(C)N1CC(C(C)C)C1. The monoisotopic (exact) mass is 217 g/mol. The molecule has 0 aliphatic carbocycles. The predicted molar refractivity (Wildman–Crippen MR) is 63.8 cm³/mol. The Labute approximate surface area is 92.1 Å².